The lowest BCUT2D eigenvalue weighted by atomic mass is 10.0. The van der Waals surface area contributed by atoms with E-state index in [9.17, 15) is 23.1 Å². The topological polar surface area (TPSA) is 70.6 Å². The Morgan fingerprint density at radius 3 is 2.64 bits per heavy atom. The molecule has 0 saturated carbocycles. The zero-order valence-corrected chi connectivity index (χ0v) is 12.3. The third-order valence-electron chi connectivity index (χ3n) is 2.89. The van der Waals surface area contributed by atoms with Crippen LogP contribution in [0.1, 0.15) is 20.3 Å². The van der Waals surface area contributed by atoms with Crippen molar-refractivity contribution in [3.63, 3.8) is 0 Å². The van der Waals surface area contributed by atoms with Crippen molar-refractivity contribution >= 4 is 11.7 Å². The molecule has 0 fully saturated rings. The largest absolute Gasteiger partial charge is 0.484 e. The van der Waals surface area contributed by atoms with E-state index in [1.165, 1.54) is 24.3 Å². The predicted octanol–water partition coefficient (Wildman–Crippen LogP) is 2.91. The number of hydrogen-bond donors (Lipinski definition) is 3. The van der Waals surface area contributed by atoms with Gasteiger partial charge in [-0.3, -0.25) is 0 Å². The van der Waals surface area contributed by atoms with Crippen LogP contribution in [0.5, 0.6) is 5.75 Å². The minimum atomic E-state index is -4.42. The number of carbonyl (C=O) groups excluding carboxylic acids is 1. The van der Waals surface area contributed by atoms with Gasteiger partial charge in [-0.15, -0.1) is 0 Å². The Hall–Kier alpha value is -1.96. The lowest BCUT2D eigenvalue weighted by Crippen LogP contribution is -2.41. The lowest BCUT2D eigenvalue weighted by Gasteiger charge is -2.21. The fourth-order valence-corrected chi connectivity index (χ4v) is 1.40. The van der Waals surface area contributed by atoms with Crippen LogP contribution in [0.25, 0.3) is 0 Å². The molecule has 0 saturated heterocycles. The molecule has 0 radical (unpaired) electrons. The molecule has 3 N–H and O–H groups in total. The predicted molar refractivity (Wildman–Crippen MR) is 75.9 cm³/mol. The molecule has 0 aliphatic heterocycles. The second-order valence-electron chi connectivity index (χ2n) is 5.09. The van der Waals surface area contributed by atoms with Crippen LogP contribution in [-0.4, -0.2) is 36.1 Å². The summed E-state index contributed by atoms with van der Waals surface area (Å²) in [4.78, 5) is 11.6. The molecule has 124 valence electrons. The van der Waals surface area contributed by atoms with E-state index in [0.717, 1.165) is 0 Å². The summed E-state index contributed by atoms with van der Waals surface area (Å²) in [5.74, 6) is -0.00400. The molecule has 0 aromatic heterocycles. The van der Waals surface area contributed by atoms with Gasteiger partial charge in [0.1, 0.15) is 5.75 Å². The average Bonchev–Trinajstić information content (AvgIpc) is 2.43. The smallest absolute Gasteiger partial charge is 0.422 e. The highest BCUT2D eigenvalue weighted by Crippen LogP contribution is 2.21. The summed E-state index contributed by atoms with van der Waals surface area (Å²) >= 11 is 0. The van der Waals surface area contributed by atoms with Crippen molar-refractivity contribution in [2.75, 3.05) is 18.5 Å². The first-order valence-electron chi connectivity index (χ1n) is 6.68. The number of ether oxygens (including phenoxy) is 1. The number of benzene rings is 1. The Bertz CT molecular complexity index is 504. The maximum absolute atomic E-state index is 12.1. The minimum Gasteiger partial charge on any atom is -0.484 e. The molecule has 0 bridgehead atoms. The fraction of sp³-hybridized carbons (Fsp3) is 0.500. The van der Waals surface area contributed by atoms with E-state index >= 15 is 0 Å². The SMILES string of the molecule is CC[C@@](C)(O)CNC(=O)Nc1cccc(OCC(F)(F)F)c1. The molecule has 1 aromatic rings. The molecule has 2 amide bonds. The van der Waals surface area contributed by atoms with Gasteiger partial charge in [0.15, 0.2) is 6.61 Å². The number of halogens is 3. The molecule has 0 heterocycles. The van der Waals surface area contributed by atoms with Gasteiger partial charge in [0.2, 0.25) is 0 Å². The van der Waals surface area contributed by atoms with Gasteiger partial charge in [-0.05, 0) is 25.5 Å². The number of amides is 2. The summed E-state index contributed by atoms with van der Waals surface area (Å²) < 4.78 is 40.8. The van der Waals surface area contributed by atoms with Gasteiger partial charge in [-0.1, -0.05) is 13.0 Å². The number of anilines is 1. The number of rotatable bonds is 6. The Balaban J connectivity index is 2.54. The first-order chi connectivity index (χ1) is 10.1. The molecule has 0 unspecified atom stereocenters. The summed E-state index contributed by atoms with van der Waals surface area (Å²) in [6.45, 7) is 2.02. The first-order valence-corrected chi connectivity index (χ1v) is 6.68. The van der Waals surface area contributed by atoms with Gasteiger partial charge in [0.25, 0.3) is 0 Å². The van der Waals surface area contributed by atoms with Gasteiger partial charge in [0, 0.05) is 18.3 Å². The van der Waals surface area contributed by atoms with Crippen molar-refractivity contribution in [3.05, 3.63) is 24.3 Å². The Labute approximate surface area is 126 Å². The van der Waals surface area contributed by atoms with Crippen molar-refractivity contribution in [1.82, 2.24) is 5.32 Å². The summed E-state index contributed by atoms with van der Waals surface area (Å²) in [6, 6.07) is 5.04. The molecule has 0 aliphatic carbocycles. The van der Waals surface area contributed by atoms with Crippen molar-refractivity contribution < 1.29 is 27.8 Å². The molecule has 8 heteroatoms. The lowest BCUT2D eigenvalue weighted by molar-refractivity contribution is -0.153. The standard InChI is InChI=1S/C14H19F3N2O3/c1-3-13(2,21)8-18-12(20)19-10-5-4-6-11(7-10)22-9-14(15,16)17/h4-7,21H,3,8-9H2,1-2H3,(H2,18,19,20)/t13-/m1/s1. The molecular formula is C14H19F3N2O3. The highest BCUT2D eigenvalue weighted by Gasteiger charge is 2.28. The molecule has 0 spiro atoms. The monoisotopic (exact) mass is 320 g/mol. The number of alkyl halides is 3. The molecule has 1 rings (SSSR count). The average molecular weight is 320 g/mol. The number of hydrogen-bond acceptors (Lipinski definition) is 3. The van der Waals surface area contributed by atoms with Crippen LogP contribution in [0, 0.1) is 0 Å². The number of urea groups is 1. The molecular weight excluding hydrogens is 301 g/mol. The molecule has 0 aliphatic rings. The van der Waals surface area contributed by atoms with E-state index in [4.69, 9.17) is 0 Å². The van der Waals surface area contributed by atoms with Crippen LogP contribution < -0.4 is 15.4 Å². The normalized spacial score (nSPS) is 14.1. The van der Waals surface area contributed by atoms with Crippen LogP contribution in [0.3, 0.4) is 0 Å². The Morgan fingerprint density at radius 2 is 2.05 bits per heavy atom. The van der Waals surface area contributed by atoms with Gasteiger partial charge < -0.3 is 20.5 Å². The maximum Gasteiger partial charge on any atom is 0.422 e. The van der Waals surface area contributed by atoms with Gasteiger partial charge in [0.05, 0.1) is 5.60 Å². The molecule has 22 heavy (non-hydrogen) atoms. The zero-order chi connectivity index (χ0) is 16.8. The summed E-state index contributed by atoms with van der Waals surface area (Å²) in [7, 11) is 0. The first kappa shape index (κ1) is 18.1. The number of nitrogens with one attached hydrogen (secondary N) is 2. The summed E-state index contributed by atoms with van der Waals surface area (Å²) in [5.41, 5.74) is -0.733. The van der Waals surface area contributed by atoms with E-state index in [0.29, 0.717) is 6.42 Å². The minimum absolute atomic E-state index is 0.00400. The van der Waals surface area contributed by atoms with E-state index in [2.05, 4.69) is 15.4 Å². The van der Waals surface area contributed by atoms with Crippen LogP contribution in [0.2, 0.25) is 0 Å². The van der Waals surface area contributed by atoms with Crippen LogP contribution in [-0.2, 0) is 0 Å². The molecule has 5 nitrogen and oxygen atoms in total. The van der Waals surface area contributed by atoms with E-state index in [1.54, 1.807) is 13.8 Å². The van der Waals surface area contributed by atoms with Crippen molar-refractivity contribution in [3.8, 4) is 5.75 Å². The number of aliphatic hydroxyl groups is 1. The maximum atomic E-state index is 12.1. The van der Waals surface area contributed by atoms with Crippen LogP contribution >= 0.6 is 0 Å². The van der Waals surface area contributed by atoms with E-state index in [-0.39, 0.29) is 18.0 Å². The third-order valence-corrected chi connectivity index (χ3v) is 2.89. The quantitative estimate of drug-likeness (QED) is 0.755. The third kappa shape index (κ3) is 7.16. The zero-order valence-electron chi connectivity index (χ0n) is 12.3. The van der Waals surface area contributed by atoms with Crippen molar-refractivity contribution in [1.29, 1.82) is 0 Å². The summed E-state index contributed by atoms with van der Waals surface area (Å²) in [6.07, 6.45) is -3.96. The van der Waals surface area contributed by atoms with E-state index in [1.807, 2.05) is 0 Å². The number of carbonyl (C=O) groups is 1. The van der Waals surface area contributed by atoms with Crippen molar-refractivity contribution in [2.45, 2.75) is 32.0 Å². The Kier molecular flexibility index (Phi) is 6.04. The summed E-state index contributed by atoms with van der Waals surface area (Å²) in [5, 5.41) is 14.7. The second kappa shape index (κ2) is 7.35. The van der Waals surface area contributed by atoms with Gasteiger partial charge >= 0.3 is 12.2 Å². The van der Waals surface area contributed by atoms with Gasteiger partial charge in [-0.2, -0.15) is 13.2 Å². The fourth-order valence-electron chi connectivity index (χ4n) is 1.40. The Morgan fingerprint density at radius 1 is 1.36 bits per heavy atom. The second-order valence-corrected chi connectivity index (χ2v) is 5.09. The highest BCUT2D eigenvalue weighted by molar-refractivity contribution is 5.89. The molecule has 1 atom stereocenters. The van der Waals surface area contributed by atoms with Crippen molar-refractivity contribution in [2.24, 2.45) is 0 Å². The van der Waals surface area contributed by atoms with E-state index < -0.39 is 24.4 Å². The van der Waals surface area contributed by atoms with Crippen LogP contribution in [0.4, 0.5) is 23.7 Å². The van der Waals surface area contributed by atoms with Crippen LogP contribution in [0.15, 0.2) is 24.3 Å². The van der Waals surface area contributed by atoms with Gasteiger partial charge in [-0.25, -0.2) is 4.79 Å². The highest BCUT2D eigenvalue weighted by atomic mass is 19.4. The molecule has 1 aromatic carbocycles.